The van der Waals surface area contributed by atoms with Gasteiger partial charge in [-0.3, -0.25) is 0 Å². The van der Waals surface area contributed by atoms with Crippen molar-refractivity contribution < 1.29 is 9.50 Å². The smallest absolute Gasteiger partial charge is 0.126 e. The Morgan fingerprint density at radius 3 is 2.67 bits per heavy atom. The van der Waals surface area contributed by atoms with E-state index in [9.17, 15) is 9.50 Å². The summed E-state index contributed by atoms with van der Waals surface area (Å²) in [6.07, 6.45) is 2.89. The molecule has 1 nitrogen and oxygen atoms in total. The Kier molecular flexibility index (Phi) is 4.05. The molecule has 0 radical (unpaired) electrons. The molecule has 0 aliphatic heterocycles. The summed E-state index contributed by atoms with van der Waals surface area (Å²) in [7, 11) is 0. The van der Waals surface area contributed by atoms with E-state index in [1.54, 1.807) is 25.6 Å². The molecule has 21 heavy (non-hydrogen) atoms. The molecule has 0 spiro atoms. The van der Waals surface area contributed by atoms with Crippen molar-refractivity contribution in [2.24, 2.45) is 0 Å². The van der Waals surface area contributed by atoms with Gasteiger partial charge in [0.2, 0.25) is 0 Å². The maximum Gasteiger partial charge on any atom is 0.126 e. The molecular weight excluding hydrogens is 283 g/mol. The quantitative estimate of drug-likeness (QED) is 0.876. The predicted molar refractivity (Wildman–Crippen MR) is 84.4 cm³/mol. The Bertz CT molecular complexity index is 679. The number of fused-ring (bicyclic) bond motifs is 1. The summed E-state index contributed by atoms with van der Waals surface area (Å²) in [5, 5.41) is 9.87. The standard InChI is InChI=1S/C18H19FOS/c1-11-8-18(16(12(2)20)10-17(11)19)21-15-7-6-13-4-3-5-14(13)9-15/h6-10,12,20H,3-5H2,1-2H3. The topological polar surface area (TPSA) is 20.2 Å². The molecule has 0 bridgehead atoms. The van der Waals surface area contributed by atoms with Crippen molar-refractivity contribution in [3.05, 3.63) is 58.4 Å². The van der Waals surface area contributed by atoms with Crippen molar-refractivity contribution in [2.75, 3.05) is 0 Å². The minimum Gasteiger partial charge on any atom is -0.389 e. The Balaban J connectivity index is 1.95. The fourth-order valence-electron chi connectivity index (χ4n) is 2.82. The van der Waals surface area contributed by atoms with E-state index in [4.69, 9.17) is 0 Å². The molecule has 0 amide bonds. The zero-order valence-corrected chi connectivity index (χ0v) is 13.1. The third kappa shape index (κ3) is 2.99. The van der Waals surface area contributed by atoms with E-state index in [1.165, 1.54) is 30.0 Å². The fourth-order valence-corrected chi connectivity index (χ4v) is 4.00. The molecule has 2 aromatic carbocycles. The van der Waals surface area contributed by atoms with Crippen molar-refractivity contribution in [3.63, 3.8) is 0 Å². The molecule has 0 heterocycles. The van der Waals surface area contributed by atoms with Gasteiger partial charge in [0.1, 0.15) is 5.82 Å². The minimum atomic E-state index is -0.669. The van der Waals surface area contributed by atoms with Crippen molar-refractivity contribution in [1.82, 2.24) is 0 Å². The van der Waals surface area contributed by atoms with Crippen LogP contribution in [0.1, 0.15) is 41.7 Å². The predicted octanol–water partition coefficient (Wildman–Crippen LogP) is 4.83. The summed E-state index contributed by atoms with van der Waals surface area (Å²) in [5.74, 6) is -0.260. The second-order valence-electron chi connectivity index (χ2n) is 5.70. The normalized spacial score (nSPS) is 15.0. The van der Waals surface area contributed by atoms with Gasteiger partial charge in [0.15, 0.2) is 0 Å². The highest BCUT2D eigenvalue weighted by Crippen LogP contribution is 2.36. The first-order valence-electron chi connectivity index (χ1n) is 7.32. The molecule has 1 atom stereocenters. The first kappa shape index (κ1) is 14.6. The number of benzene rings is 2. The maximum absolute atomic E-state index is 13.7. The van der Waals surface area contributed by atoms with Crippen LogP contribution in [-0.4, -0.2) is 5.11 Å². The second-order valence-corrected chi connectivity index (χ2v) is 6.82. The van der Waals surface area contributed by atoms with Crippen LogP contribution in [-0.2, 0) is 12.8 Å². The highest BCUT2D eigenvalue weighted by Gasteiger charge is 2.15. The van der Waals surface area contributed by atoms with Crippen LogP contribution in [0.2, 0.25) is 0 Å². The third-order valence-electron chi connectivity index (χ3n) is 4.04. The number of aliphatic hydroxyl groups is 1. The summed E-state index contributed by atoms with van der Waals surface area (Å²) in [4.78, 5) is 2.09. The summed E-state index contributed by atoms with van der Waals surface area (Å²) in [6, 6.07) is 9.84. The first-order chi connectivity index (χ1) is 10.0. The van der Waals surface area contributed by atoms with Gasteiger partial charge in [-0.15, -0.1) is 0 Å². The van der Waals surface area contributed by atoms with Gasteiger partial charge in [-0.05, 0) is 79.6 Å². The number of aliphatic hydroxyl groups excluding tert-OH is 1. The van der Waals surface area contributed by atoms with Crippen LogP contribution >= 0.6 is 11.8 Å². The monoisotopic (exact) mass is 302 g/mol. The average Bonchev–Trinajstić information content (AvgIpc) is 2.89. The van der Waals surface area contributed by atoms with E-state index in [0.717, 1.165) is 16.2 Å². The van der Waals surface area contributed by atoms with Gasteiger partial charge in [0, 0.05) is 9.79 Å². The van der Waals surface area contributed by atoms with E-state index in [-0.39, 0.29) is 5.82 Å². The van der Waals surface area contributed by atoms with Crippen LogP contribution in [0.25, 0.3) is 0 Å². The van der Waals surface area contributed by atoms with E-state index in [0.29, 0.717) is 11.1 Å². The van der Waals surface area contributed by atoms with Crippen molar-refractivity contribution in [3.8, 4) is 0 Å². The van der Waals surface area contributed by atoms with Gasteiger partial charge in [-0.25, -0.2) is 4.39 Å². The third-order valence-corrected chi connectivity index (χ3v) is 5.10. The van der Waals surface area contributed by atoms with Gasteiger partial charge in [0.25, 0.3) is 0 Å². The van der Waals surface area contributed by atoms with Crippen LogP contribution in [0.15, 0.2) is 40.1 Å². The van der Waals surface area contributed by atoms with Crippen molar-refractivity contribution in [2.45, 2.75) is 49.0 Å². The number of halogens is 1. The molecule has 110 valence electrons. The summed E-state index contributed by atoms with van der Waals surface area (Å²) in [5.41, 5.74) is 4.15. The van der Waals surface area contributed by atoms with Crippen LogP contribution in [0, 0.1) is 12.7 Å². The van der Waals surface area contributed by atoms with Crippen LogP contribution in [0.5, 0.6) is 0 Å². The van der Waals surface area contributed by atoms with E-state index >= 15 is 0 Å². The number of hydrogen-bond donors (Lipinski definition) is 1. The van der Waals surface area contributed by atoms with Crippen molar-refractivity contribution >= 4 is 11.8 Å². The lowest BCUT2D eigenvalue weighted by Crippen LogP contribution is -1.97. The molecule has 0 saturated carbocycles. The minimum absolute atomic E-state index is 0.260. The molecular formula is C18H19FOS. The van der Waals surface area contributed by atoms with E-state index in [1.807, 2.05) is 6.07 Å². The molecule has 3 rings (SSSR count). The highest BCUT2D eigenvalue weighted by atomic mass is 32.2. The molecule has 1 aliphatic carbocycles. The summed E-state index contributed by atoms with van der Waals surface area (Å²) >= 11 is 1.60. The fraction of sp³-hybridized carbons (Fsp3) is 0.333. The Labute approximate surface area is 129 Å². The number of aryl methyl sites for hydroxylation is 3. The number of hydrogen-bond acceptors (Lipinski definition) is 2. The van der Waals surface area contributed by atoms with Crippen LogP contribution < -0.4 is 0 Å². The zero-order chi connectivity index (χ0) is 15.0. The lowest BCUT2D eigenvalue weighted by molar-refractivity contribution is 0.196. The van der Waals surface area contributed by atoms with Crippen LogP contribution in [0.3, 0.4) is 0 Å². The lowest BCUT2D eigenvalue weighted by Gasteiger charge is -2.14. The zero-order valence-electron chi connectivity index (χ0n) is 12.3. The first-order valence-corrected chi connectivity index (χ1v) is 8.14. The van der Waals surface area contributed by atoms with E-state index < -0.39 is 6.10 Å². The molecule has 3 heteroatoms. The van der Waals surface area contributed by atoms with Crippen LogP contribution in [0.4, 0.5) is 4.39 Å². The molecule has 1 unspecified atom stereocenters. The molecule has 1 aliphatic rings. The second kappa shape index (κ2) is 5.82. The lowest BCUT2D eigenvalue weighted by atomic mass is 10.1. The summed E-state index contributed by atoms with van der Waals surface area (Å²) in [6.45, 7) is 3.44. The van der Waals surface area contributed by atoms with Gasteiger partial charge in [-0.2, -0.15) is 0 Å². The number of rotatable bonds is 3. The Morgan fingerprint density at radius 1 is 1.14 bits per heavy atom. The highest BCUT2D eigenvalue weighted by molar-refractivity contribution is 7.99. The Hall–Kier alpha value is -1.32. The van der Waals surface area contributed by atoms with Gasteiger partial charge >= 0.3 is 0 Å². The van der Waals surface area contributed by atoms with Gasteiger partial charge in [-0.1, -0.05) is 17.8 Å². The summed E-state index contributed by atoms with van der Waals surface area (Å²) < 4.78 is 13.7. The molecule has 2 aromatic rings. The van der Waals surface area contributed by atoms with E-state index in [2.05, 4.69) is 18.2 Å². The molecule has 0 saturated heterocycles. The molecule has 0 aromatic heterocycles. The Morgan fingerprint density at radius 2 is 1.90 bits per heavy atom. The van der Waals surface area contributed by atoms with Gasteiger partial charge < -0.3 is 5.11 Å². The maximum atomic E-state index is 13.7. The molecule has 1 N–H and O–H groups in total. The average molecular weight is 302 g/mol. The van der Waals surface area contributed by atoms with Gasteiger partial charge in [0.05, 0.1) is 6.10 Å². The largest absolute Gasteiger partial charge is 0.389 e. The SMILES string of the molecule is Cc1cc(Sc2ccc3c(c2)CCC3)c(C(C)O)cc1F. The van der Waals surface area contributed by atoms with Crippen molar-refractivity contribution in [1.29, 1.82) is 0 Å². The molecule has 0 fully saturated rings.